The maximum Gasteiger partial charge on any atom is 0.273 e. The van der Waals surface area contributed by atoms with Gasteiger partial charge in [0, 0.05) is 11.5 Å². The Kier molecular flexibility index (Phi) is 2.60. The minimum absolute atomic E-state index is 0.115. The van der Waals surface area contributed by atoms with Crippen molar-refractivity contribution in [3.63, 3.8) is 0 Å². The van der Waals surface area contributed by atoms with Crippen LogP contribution >= 0.6 is 0 Å². The van der Waals surface area contributed by atoms with E-state index >= 15 is 0 Å². The minimum Gasteiger partial charge on any atom is -0.295 e. The molecule has 2 aliphatic carbocycles. The molecule has 2 saturated carbocycles. The van der Waals surface area contributed by atoms with Crippen molar-refractivity contribution in [3.8, 4) is 0 Å². The van der Waals surface area contributed by atoms with E-state index in [4.69, 9.17) is 5.14 Å². The molecule has 0 spiro atoms. The van der Waals surface area contributed by atoms with E-state index in [9.17, 15) is 8.42 Å². The third kappa shape index (κ3) is 2.18. The van der Waals surface area contributed by atoms with Crippen molar-refractivity contribution in [2.45, 2.75) is 56.6 Å². The molecule has 1 aromatic heterocycles. The quantitative estimate of drug-likeness (QED) is 0.883. The summed E-state index contributed by atoms with van der Waals surface area (Å²) >= 11 is 0. The van der Waals surface area contributed by atoms with E-state index in [1.165, 1.54) is 6.42 Å². The van der Waals surface area contributed by atoms with Crippen molar-refractivity contribution < 1.29 is 8.42 Å². The molecular weight excluding hydrogens is 264 g/mol. The Morgan fingerprint density at radius 2 is 1.74 bits per heavy atom. The molecule has 106 valence electrons. The molecule has 2 aliphatic rings. The molecule has 0 saturated heterocycles. The first-order valence-corrected chi connectivity index (χ1v) is 8.21. The predicted octanol–water partition coefficient (Wildman–Crippen LogP) is 1.19. The van der Waals surface area contributed by atoms with E-state index in [1.54, 1.807) is 4.57 Å². The summed E-state index contributed by atoms with van der Waals surface area (Å²) in [5.41, 5.74) is -0.395. The molecule has 0 aromatic carbocycles. The molecule has 2 N–H and O–H groups in total. The maximum atomic E-state index is 11.7. The van der Waals surface area contributed by atoms with E-state index in [2.05, 4.69) is 10.2 Å². The topological polar surface area (TPSA) is 90.9 Å². The van der Waals surface area contributed by atoms with E-state index in [-0.39, 0.29) is 5.16 Å². The van der Waals surface area contributed by atoms with Gasteiger partial charge in [-0.1, -0.05) is 0 Å². The highest BCUT2D eigenvalue weighted by atomic mass is 32.2. The van der Waals surface area contributed by atoms with E-state index < -0.39 is 15.6 Å². The molecule has 19 heavy (non-hydrogen) atoms. The summed E-state index contributed by atoms with van der Waals surface area (Å²) in [5, 5.41) is 13.1. The summed E-state index contributed by atoms with van der Waals surface area (Å²) in [6.07, 6.45) is 3.52. The third-order valence-electron chi connectivity index (χ3n) is 4.19. The average Bonchev–Trinajstić information content (AvgIpc) is 2.75. The number of sulfonamides is 1. The molecule has 0 bridgehead atoms. The van der Waals surface area contributed by atoms with E-state index in [0.29, 0.717) is 5.92 Å². The van der Waals surface area contributed by atoms with Crippen molar-refractivity contribution in [2.75, 3.05) is 0 Å². The molecule has 0 aliphatic heterocycles. The predicted molar refractivity (Wildman–Crippen MR) is 70.0 cm³/mol. The van der Waals surface area contributed by atoms with Gasteiger partial charge in [-0.05, 0) is 51.9 Å². The molecule has 3 rings (SSSR count). The number of fused-ring (bicyclic) bond motifs is 1. The van der Waals surface area contributed by atoms with Gasteiger partial charge in [0.05, 0.1) is 0 Å². The summed E-state index contributed by atoms with van der Waals surface area (Å²) in [6, 6.07) is 0. The van der Waals surface area contributed by atoms with Gasteiger partial charge in [0.25, 0.3) is 15.2 Å². The Morgan fingerprint density at radius 1 is 1.16 bits per heavy atom. The summed E-state index contributed by atoms with van der Waals surface area (Å²) in [7, 11) is -3.84. The van der Waals surface area contributed by atoms with Crippen LogP contribution in [0.1, 0.15) is 51.8 Å². The van der Waals surface area contributed by atoms with Gasteiger partial charge in [-0.2, -0.15) is 0 Å². The van der Waals surface area contributed by atoms with Crippen molar-refractivity contribution in [3.05, 3.63) is 5.82 Å². The highest BCUT2D eigenvalue weighted by Gasteiger charge is 2.48. The Labute approximate surface area is 113 Å². The fourth-order valence-electron chi connectivity index (χ4n) is 3.29. The minimum atomic E-state index is -3.84. The number of hydrogen-bond acceptors (Lipinski definition) is 4. The van der Waals surface area contributed by atoms with Gasteiger partial charge in [-0.15, -0.1) is 10.2 Å². The molecule has 6 nitrogen and oxygen atoms in total. The first-order valence-electron chi connectivity index (χ1n) is 6.66. The average molecular weight is 284 g/mol. The van der Waals surface area contributed by atoms with Crippen LogP contribution < -0.4 is 5.14 Å². The van der Waals surface area contributed by atoms with Gasteiger partial charge < -0.3 is 0 Å². The van der Waals surface area contributed by atoms with Crippen molar-refractivity contribution in [1.29, 1.82) is 0 Å². The zero-order valence-corrected chi connectivity index (χ0v) is 12.3. The summed E-state index contributed by atoms with van der Waals surface area (Å²) in [4.78, 5) is 0. The zero-order valence-electron chi connectivity index (χ0n) is 11.5. The maximum absolute atomic E-state index is 11.7. The molecule has 7 heteroatoms. The smallest absolute Gasteiger partial charge is 0.273 e. The molecule has 1 aromatic rings. The Balaban J connectivity index is 2.07. The molecule has 1 heterocycles. The van der Waals surface area contributed by atoms with Gasteiger partial charge in [-0.25, -0.2) is 13.6 Å². The number of primary sulfonamides is 1. The Morgan fingerprint density at radius 3 is 2.21 bits per heavy atom. The van der Waals surface area contributed by atoms with Crippen molar-refractivity contribution in [2.24, 2.45) is 17.0 Å². The van der Waals surface area contributed by atoms with Crippen LogP contribution in [0.2, 0.25) is 0 Å². The van der Waals surface area contributed by atoms with Crippen LogP contribution in [0.3, 0.4) is 0 Å². The largest absolute Gasteiger partial charge is 0.295 e. The Bertz CT molecular complexity index is 604. The fraction of sp³-hybridized carbons (Fsp3) is 0.833. The highest BCUT2D eigenvalue weighted by Crippen LogP contribution is 2.57. The lowest BCUT2D eigenvalue weighted by Crippen LogP contribution is -2.30. The van der Waals surface area contributed by atoms with Gasteiger partial charge in [-0.3, -0.25) is 4.57 Å². The number of nitrogens with two attached hydrogens (primary N) is 1. The molecule has 2 fully saturated rings. The van der Waals surface area contributed by atoms with Crippen LogP contribution in [0.4, 0.5) is 0 Å². The summed E-state index contributed by atoms with van der Waals surface area (Å²) in [5.74, 6) is 2.73. The number of rotatable bonds is 2. The van der Waals surface area contributed by atoms with E-state index in [1.807, 2.05) is 20.8 Å². The van der Waals surface area contributed by atoms with Gasteiger partial charge >= 0.3 is 0 Å². The van der Waals surface area contributed by atoms with Crippen molar-refractivity contribution in [1.82, 2.24) is 14.8 Å². The number of nitrogens with zero attached hydrogens (tertiary/aromatic N) is 3. The zero-order chi connectivity index (χ0) is 14.0. The lowest BCUT2D eigenvalue weighted by Gasteiger charge is -2.26. The van der Waals surface area contributed by atoms with Gasteiger partial charge in [0.2, 0.25) is 0 Å². The van der Waals surface area contributed by atoms with Crippen LogP contribution in [0.25, 0.3) is 0 Å². The molecular formula is C12H20N4O2S. The molecule has 0 radical (unpaired) electrons. The monoisotopic (exact) mass is 284 g/mol. The normalized spacial score (nSPS) is 30.4. The van der Waals surface area contributed by atoms with Crippen LogP contribution in [-0.2, 0) is 15.6 Å². The van der Waals surface area contributed by atoms with E-state index in [0.717, 1.165) is 30.5 Å². The summed E-state index contributed by atoms with van der Waals surface area (Å²) < 4.78 is 25.0. The third-order valence-corrected chi connectivity index (χ3v) is 4.97. The second kappa shape index (κ2) is 3.79. The summed E-state index contributed by atoms with van der Waals surface area (Å²) in [6.45, 7) is 5.85. The standard InChI is InChI=1S/C12H20N4O2S/c1-12(2,3)16-10(9-5-7-4-8(7)6-9)14-15-11(16)19(13,17)18/h7-9H,4-6H2,1-3H3,(H2,13,17,18). The lowest BCUT2D eigenvalue weighted by molar-refractivity contribution is 0.338. The highest BCUT2D eigenvalue weighted by molar-refractivity contribution is 7.89. The first kappa shape index (κ1) is 13.1. The van der Waals surface area contributed by atoms with Crippen LogP contribution in [0, 0.1) is 11.8 Å². The SMILES string of the molecule is CC(C)(C)n1c(C2CC3CC3C2)nnc1S(N)(=O)=O. The van der Waals surface area contributed by atoms with Crippen LogP contribution in [0.5, 0.6) is 0 Å². The number of aromatic nitrogens is 3. The molecule has 2 unspecified atom stereocenters. The second-order valence-electron chi connectivity index (χ2n) is 6.82. The number of hydrogen-bond donors (Lipinski definition) is 1. The lowest BCUT2D eigenvalue weighted by atomic mass is 10.0. The molecule has 0 amide bonds. The van der Waals surface area contributed by atoms with Crippen LogP contribution in [-0.4, -0.2) is 23.2 Å². The van der Waals surface area contributed by atoms with Crippen molar-refractivity contribution >= 4 is 10.0 Å². The molecule has 2 atom stereocenters. The Hall–Kier alpha value is -0.950. The first-order chi connectivity index (χ1) is 8.68. The van der Waals surface area contributed by atoms with Gasteiger partial charge in [0.1, 0.15) is 5.82 Å². The van der Waals surface area contributed by atoms with Crippen LogP contribution in [0.15, 0.2) is 5.16 Å². The second-order valence-corrected chi connectivity index (χ2v) is 8.27. The van der Waals surface area contributed by atoms with Gasteiger partial charge in [0.15, 0.2) is 0 Å². The fourth-order valence-corrected chi connectivity index (χ4v) is 4.06.